The van der Waals surface area contributed by atoms with Gasteiger partial charge in [-0.05, 0) is 35.9 Å². The van der Waals surface area contributed by atoms with Crippen LogP contribution < -0.4 is 14.8 Å². The predicted molar refractivity (Wildman–Crippen MR) is 88.6 cm³/mol. The monoisotopic (exact) mass is 294 g/mol. The van der Waals surface area contributed by atoms with Crippen molar-refractivity contribution in [3.63, 3.8) is 0 Å². The molecule has 112 valence electrons. The number of hydrogen-bond donors (Lipinski definition) is 1. The third-order valence-electron chi connectivity index (χ3n) is 3.59. The summed E-state index contributed by atoms with van der Waals surface area (Å²) in [6.07, 6.45) is 1.80. The highest BCUT2D eigenvalue weighted by Crippen LogP contribution is 2.25. The summed E-state index contributed by atoms with van der Waals surface area (Å²) < 4.78 is 10.4. The smallest absolute Gasteiger partial charge is 0.121 e. The van der Waals surface area contributed by atoms with Crippen LogP contribution in [0, 0.1) is 0 Å². The fourth-order valence-corrected chi connectivity index (χ4v) is 2.35. The Morgan fingerprint density at radius 1 is 0.909 bits per heavy atom. The molecule has 0 amide bonds. The first-order valence-corrected chi connectivity index (χ1v) is 7.10. The molecular formula is C18H18N2O2. The van der Waals surface area contributed by atoms with Crippen LogP contribution in [0.4, 0.5) is 5.69 Å². The largest absolute Gasteiger partial charge is 0.497 e. The number of aromatic nitrogens is 1. The molecule has 4 heteroatoms. The molecule has 2 aromatic carbocycles. The van der Waals surface area contributed by atoms with Gasteiger partial charge in [0.2, 0.25) is 0 Å². The molecule has 3 aromatic rings. The van der Waals surface area contributed by atoms with Gasteiger partial charge in [-0.3, -0.25) is 4.98 Å². The van der Waals surface area contributed by atoms with Crippen molar-refractivity contribution in [2.24, 2.45) is 0 Å². The Hall–Kier alpha value is -2.75. The quantitative estimate of drug-likeness (QED) is 0.776. The van der Waals surface area contributed by atoms with E-state index in [9.17, 15) is 0 Å². The van der Waals surface area contributed by atoms with Gasteiger partial charge in [0.05, 0.1) is 19.7 Å². The summed E-state index contributed by atoms with van der Waals surface area (Å²) in [5.74, 6) is 1.68. The van der Waals surface area contributed by atoms with Crippen molar-refractivity contribution in [3.05, 3.63) is 60.3 Å². The minimum absolute atomic E-state index is 0.745. The van der Waals surface area contributed by atoms with Gasteiger partial charge in [-0.1, -0.05) is 12.1 Å². The average Bonchev–Trinajstić information content (AvgIpc) is 2.59. The molecule has 0 saturated heterocycles. The molecule has 0 saturated carbocycles. The number of hydrogen-bond acceptors (Lipinski definition) is 4. The first kappa shape index (κ1) is 14.2. The lowest BCUT2D eigenvalue weighted by Crippen LogP contribution is -2.00. The van der Waals surface area contributed by atoms with E-state index in [1.165, 1.54) is 5.56 Å². The summed E-state index contributed by atoms with van der Waals surface area (Å²) in [6, 6.07) is 15.9. The zero-order chi connectivity index (χ0) is 15.4. The van der Waals surface area contributed by atoms with Gasteiger partial charge < -0.3 is 14.8 Å². The summed E-state index contributed by atoms with van der Waals surface area (Å²) in [5, 5.41) is 4.54. The molecule has 3 rings (SSSR count). The average molecular weight is 294 g/mol. The first-order valence-electron chi connectivity index (χ1n) is 7.10. The number of nitrogens with one attached hydrogen (secondary N) is 1. The van der Waals surface area contributed by atoms with Crippen LogP contribution in [0.5, 0.6) is 11.5 Å². The van der Waals surface area contributed by atoms with Gasteiger partial charge in [0.25, 0.3) is 0 Å². The second kappa shape index (κ2) is 6.35. The molecule has 0 unspecified atom stereocenters. The molecular weight excluding hydrogens is 276 g/mol. The Morgan fingerprint density at radius 2 is 1.64 bits per heavy atom. The zero-order valence-corrected chi connectivity index (χ0v) is 12.7. The van der Waals surface area contributed by atoms with Gasteiger partial charge in [0.15, 0.2) is 0 Å². The minimum Gasteiger partial charge on any atom is -0.497 e. The van der Waals surface area contributed by atoms with Crippen molar-refractivity contribution in [1.82, 2.24) is 4.98 Å². The Bertz CT molecular complexity index is 770. The molecule has 0 fully saturated rings. The lowest BCUT2D eigenvalue weighted by Gasteiger charge is -2.10. The lowest BCUT2D eigenvalue weighted by atomic mass is 10.1. The number of nitrogens with zero attached hydrogens (tertiary/aromatic N) is 1. The van der Waals surface area contributed by atoms with Crippen molar-refractivity contribution < 1.29 is 9.47 Å². The summed E-state index contributed by atoms with van der Waals surface area (Å²) in [6.45, 7) is 0.745. The summed E-state index contributed by atoms with van der Waals surface area (Å²) in [7, 11) is 3.33. The molecule has 1 heterocycles. The van der Waals surface area contributed by atoms with Crippen LogP contribution in [0.25, 0.3) is 10.9 Å². The van der Waals surface area contributed by atoms with Crippen molar-refractivity contribution in [3.8, 4) is 11.5 Å². The third kappa shape index (κ3) is 2.96. The molecule has 0 aliphatic heterocycles. The van der Waals surface area contributed by atoms with Crippen LogP contribution >= 0.6 is 0 Å². The highest BCUT2D eigenvalue weighted by molar-refractivity contribution is 5.91. The molecule has 0 aliphatic rings. The van der Waals surface area contributed by atoms with Crippen LogP contribution in [-0.4, -0.2) is 19.2 Å². The number of methoxy groups -OCH3 is 2. The lowest BCUT2D eigenvalue weighted by molar-refractivity contribution is 0.414. The highest BCUT2D eigenvalue weighted by atomic mass is 16.5. The summed E-state index contributed by atoms with van der Waals surface area (Å²) in [4.78, 5) is 4.39. The summed E-state index contributed by atoms with van der Waals surface area (Å²) >= 11 is 0. The van der Waals surface area contributed by atoms with E-state index in [4.69, 9.17) is 9.47 Å². The van der Waals surface area contributed by atoms with Gasteiger partial charge in [0.1, 0.15) is 11.5 Å². The molecule has 1 N–H and O–H groups in total. The number of benzene rings is 2. The van der Waals surface area contributed by atoms with Crippen LogP contribution in [0.1, 0.15) is 5.56 Å². The maximum Gasteiger partial charge on any atom is 0.121 e. The number of ether oxygens (including phenoxy) is 2. The molecule has 1 aromatic heterocycles. The topological polar surface area (TPSA) is 43.4 Å². The fourth-order valence-electron chi connectivity index (χ4n) is 2.35. The van der Waals surface area contributed by atoms with Crippen molar-refractivity contribution in [2.45, 2.75) is 6.54 Å². The number of pyridine rings is 1. The molecule has 0 spiro atoms. The van der Waals surface area contributed by atoms with E-state index in [-0.39, 0.29) is 0 Å². The predicted octanol–water partition coefficient (Wildman–Crippen LogP) is 3.86. The number of anilines is 1. The van der Waals surface area contributed by atoms with Crippen molar-refractivity contribution in [2.75, 3.05) is 19.5 Å². The molecule has 0 atom stereocenters. The summed E-state index contributed by atoms with van der Waals surface area (Å²) in [5.41, 5.74) is 3.17. The standard InChI is InChI=1S/C18H18N2O2/c1-21-14-5-3-13(4-6-14)12-20-17-9-10-19-18-11-15(22-2)7-8-16(17)18/h3-11H,12H2,1-2H3,(H,19,20). The third-order valence-corrected chi connectivity index (χ3v) is 3.59. The minimum atomic E-state index is 0.745. The van der Waals surface area contributed by atoms with E-state index in [0.29, 0.717) is 0 Å². The normalized spacial score (nSPS) is 10.5. The van der Waals surface area contributed by atoms with E-state index >= 15 is 0 Å². The molecule has 4 nitrogen and oxygen atoms in total. The molecule has 0 aliphatic carbocycles. The number of rotatable bonds is 5. The van der Waals surface area contributed by atoms with E-state index in [0.717, 1.165) is 34.6 Å². The second-order valence-electron chi connectivity index (χ2n) is 4.94. The Labute approximate surface area is 129 Å². The van der Waals surface area contributed by atoms with Gasteiger partial charge in [-0.15, -0.1) is 0 Å². The van der Waals surface area contributed by atoms with Gasteiger partial charge in [-0.2, -0.15) is 0 Å². The maximum absolute atomic E-state index is 5.24. The van der Waals surface area contributed by atoms with Crippen LogP contribution in [-0.2, 0) is 6.54 Å². The Kier molecular flexibility index (Phi) is 4.10. The SMILES string of the molecule is COc1ccc(CNc2ccnc3cc(OC)ccc23)cc1. The molecule has 22 heavy (non-hydrogen) atoms. The molecule has 0 bridgehead atoms. The van der Waals surface area contributed by atoms with Crippen LogP contribution in [0.2, 0.25) is 0 Å². The van der Waals surface area contributed by atoms with E-state index in [2.05, 4.69) is 22.4 Å². The molecule has 0 radical (unpaired) electrons. The van der Waals surface area contributed by atoms with E-state index in [1.807, 2.05) is 36.4 Å². The van der Waals surface area contributed by atoms with Gasteiger partial charge in [0, 0.05) is 29.9 Å². The van der Waals surface area contributed by atoms with Crippen LogP contribution in [0.3, 0.4) is 0 Å². The van der Waals surface area contributed by atoms with Crippen molar-refractivity contribution >= 4 is 16.6 Å². The van der Waals surface area contributed by atoms with E-state index in [1.54, 1.807) is 20.4 Å². The van der Waals surface area contributed by atoms with E-state index < -0.39 is 0 Å². The highest BCUT2D eigenvalue weighted by Gasteiger charge is 2.03. The zero-order valence-electron chi connectivity index (χ0n) is 12.7. The maximum atomic E-state index is 5.24. The van der Waals surface area contributed by atoms with Crippen LogP contribution in [0.15, 0.2) is 54.7 Å². The van der Waals surface area contributed by atoms with Gasteiger partial charge in [-0.25, -0.2) is 0 Å². The second-order valence-corrected chi connectivity index (χ2v) is 4.94. The van der Waals surface area contributed by atoms with Crippen molar-refractivity contribution in [1.29, 1.82) is 0 Å². The fraction of sp³-hybridized carbons (Fsp3) is 0.167. The Morgan fingerprint density at radius 3 is 2.36 bits per heavy atom. The van der Waals surface area contributed by atoms with Gasteiger partial charge >= 0.3 is 0 Å². The Balaban J connectivity index is 1.81. The number of fused-ring (bicyclic) bond motifs is 1. The first-order chi connectivity index (χ1) is 10.8.